The van der Waals surface area contributed by atoms with Crippen molar-refractivity contribution in [1.29, 1.82) is 0 Å². The second-order valence-electron chi connectivity index (χ2n) is 8.59. The van der Waals surface area contributed by atoms with Gasteiger partial charge in [0.1, 0.15) is 0 Å². The normalized spacial score (nSPS) is 24.3. The summed E-state index contributed by atoms with van der Waals surface area (Å²) in [4.78, 5) is 7.39. The molecule has 2 unspecified atom stereocenters. The van der Waals surface area contributed by atoms with Gasteiger partial charge in [-0.3, -0.25) is 9.89 Å². The van der Waals surface area contributed by atoms with E-state index in [0.717, 1.165) is 64.9 Å². The maximum absolute atomic E-state index is 6.14. The standard InChI is InChI=1S/C23H38N4O2/c1-4-24-22(26-18-23(2,3)27-12-15-28-16-13-27)25-17-20-11-8-14-29-21(20)19-9-6-5-7-10-19/h5-7,9-10,20-21H,4,8,11-18H2,1-3H3,(H2,24,25,26). The molecule has 0 spiro atoms. The summed E-state index contributed by atoms with van der Waals surface area (Å²) in [5.74, 6) is 1.34. The van der Waals surface area contributed by atoms with E-state index >= 15 is 0 Å². The van der Waals surface area contributed by atoms with Crippen LogP contribution in [0.3, 0.4) is 0 Å². The molecule has 0 amide bonds. The van der Waals surface area contributed by atoms with E-state index in [2.05, 4.69) is 66.6 Å². The number of benzene rings is 1. The average molecular weight is 403 g/mol. The number of hydrogen-bond donors (Lipinski definition) is 2. The van der Waals surface area contributed by atoms with Gasteiger partial charge in [-0.2, -0.15) is 0 Å². The highest BCUT2D eigenvalue weighted by atomic mass is 16.5. The summed E-state index contributed by atoms with van der Waals surface area (Å²) in [6.07, 6.45) is 2.45. The average Bonchev–Trinajstić information content (AvgIpc) is 2.77. The van der Waals surface area contributed by atoms with E-state index in [0.29, 0.717) is 5.92 Å². The monoisotopic (exact) mass is 402 g/mol. The number of aliphatic imine (C=N–C) groups is 1. The summed E-state index contributed by atoms with van der Waals surface area (Å²) >= 11 is 0. The summed E-state index contributed by atoms with van der Waals surface area (Å²) in [5, 5.41) is 6.99. The molecule has 0 radical (unpaired) electrons. The fourth-order valence-electron chi connectivity index (χ4n) is 4.17. The highest BCUT2D eigenvalue weighted by Gasteiger charge is 2.29. The van der Waals surface area contributed by atoms with Gasteiger partial charge in [0.15, 0.2) is 5.96 Å². The molecule has 0 bridgehead atoms. The third kappa shape index (κ3) is 6.43. The highest BCUT2D eigenvalue weighted by Crippen LogP contribution is 2.33. The first kappa shape index (κ1) is 22.1. The van der Waals surface area contributed by atoms with Gasteiger partial charge in [-0.05, 0) is 39.2 Å². The van der Waals surface area contributed by atoms with Crippen LogP contribution < -0.4 is 10.6 Å². The molecule has 0 aliphatic carbocycles. The summed E-state index contributed by atoms with van der Waals surface area (Å²) in [6, 6.07) is 10.6. The first-order valence-corrected chi connectivity index (χ1v) is 11.1. The molecule has 2 N–H and O–H groups in total. The van der Waals surface area contributed by atoms with Crippen LogP contribution in [0.15, 0.2) is 35.3 Å². The Bertz CT molecular complexity index is 629. The predicted octanol–water partition coefficient (Wildman–Crippen LogP) is 2.82. The van der Waals surface area contributed by atoms with E-state index in [-0.39, 0.29) is 11.6 Å². The number of nitrogens with zero attached hydrogens (tertiary/aromatic N) is 2. The minimum Gasteiger partial charge on any atom is -0.379 e. The van der Waals surface area contributed by atoms with Crippen molar-refractivity contribution < 1.29 is 9.47 Å². The van der Waals surface area contributed by atoms with Crippen LogP contribution in [-0.2, 0) is 9.47 Å². The number of nitrogens with one attached hydrogen (secondary N) is 2. The smallest absolute Gasteiger partial charge is 0.191 e. The molecule has 162 valence electrons. The molecule has 2 heterocycles. The lowest BCUT2D eigenvalue weighted by molar-refractivity contribution is -0.0265. The van der Waals surface area contributed by atoms with Crippen LogP contribution in [0.4, 0.5) is 0 Å². The fourth-order valence-corrected chi connectivity index (χ4v) is 4.17. The lowest BCUT2D eigenvalue weighted by Gasteiger charge is -2.40. The lowest BCUT2D eigenvalue weighted by Crippen LogP contribution is -2.52. The molecular formula is C23H38N4O2. The van der Waals surface area contributed by atoms with Crippen LogP contribution >= 0.6 is 0 Å². The molecule has 29 heavy (non-hydrogen) atoms. The summed E-state index contributed by atoms with van der Waals surface area (Å²) < 4.78 is 11.6. The van der Waals surface area contributed by atoms with E-state index in [9.17, 15) is 0 Å². The number of guanidine groups is 1. The van der Waals surface area contributed by atoms with E-state index in [4.69, 9.17) is 14.5 Å². The van der Waals surface area contributed by atoms with Crippen molar-refractivity contribution in [2.24, 2.45) is 10.9 Å². The minimum absolute atomic E-state index is 0.0205. The highest BCUT2D eigenvalue weighted by molar-refractivity contribution is 5.79. The fraction of sp³-hybridized carbons (Fsp3) is 0.696. The largest absolute Gasteiger partial charge is 0.379 e. The van der Waals surface area contributed by atoms with Gasteiger partial charge in [0.2, 0.25) is 0 Å². The number of hydrogen-bond acceptors (Lipinski definition) is 4. The molecule has 2 saturated heterocycles. The molecule has 0 saturated carbocycles. The van der Waals surface area contributed by atoms with Crippen molar-refractivity contribution in [2.45, 2.75) is 45.3 Å². The van der Waals surface area contributed by atoms with Gasteiger partial charge in [0.05, 0.1) is 25.9 Å². The Morgan fingerprint density at radius 2 is 1.90 bits per heavy atom. The first-order valence-electron chi connectivity index (χ1n) is 11.1. The van der Waals surface area contributed by atoms with Gasteiger partial charge < -0.3 is 20.1 Å². The SMILES string of the molecule is CCNC(=NCC(C)(C)N1CCOCC1)NCC1CCCOC1c1ccccc1. The molecule has 2 aliphatic rings. The van der Waals surface area contributed by atoms with Crippen molar-refractivity contribution in [3.05, 3.63) is 35.9 Å². The maximum Gasteiger partial charge on any atom is 0.191 e. The summed E-state index contributed by atoms with van der Waals surface area (Å²) in [7, 11) is 0. The van der Waals surface area contributed by atoms with Crippen molar-refractivity contribution >= 4 is 5.96 Å². The van der Waals surface area contributed by atoms with Gasteiger partial charge >= 0.3 is 0 Å². The molecule has 6 nitrogen and oxygen atoms in total. The number of morpholine rings is 1. The molecule has 1 aromatic carbocycles. The quantitative estimate of drug-likeness (QED) is 0.543. The van der Waals surface area contributed by atoms with Crippen LogP contribution in [0.25, 0.3) is 0 Å². The Morgan fingerprint density at radius 1 is 1.14 bits per heavy atom. The van der Waals surface area contributed by atoms with Gasteiger partial charge in [-0.15, -0.1) is 0 Å². The van der Waals surface area contributed by atoms with Gasteiger partial charge in [0.25, 0.3) is 0 Å². The Labute approximate surface area is 176 Å². The number of ether oxygens (including phenoxy) is 2. The molecule has 2 atom stereocenters. The Balaban J connectivity index is 1.59. The van der Waals surface area contributed by atoms with Crippen molar-refractivity contribution in [2.75, 3.05) is 52.5 Å². The van der Waals surface area contributed by atoms with Crippen molar-refractivity contribution in [1.82, 2.24) is 15.5 Å². The van der Waals surface area contributed by atoms with E-state index in [1.807, 2.05) is 0 Å². The van der Waals surface area contributed by atoms with Gasteiger partial charge in [-0.1, -0.05) is 30.3 Å². The van der Waals surface area contributed by atoms with Crippen LogP contribution in [0.5, 0.6) is 0 Å². The maximum atomic E-state index is 6.14. The Morgan fingerprint density at radius 3 is 2.62 bits per heavy atom. The van der Waals surface area contributed by atoms with Crippen LogP contribution in [-0.4, -0.2) is 68.9 Å². The lowest BCUT2D eigenvalue weighted by atomic mass is 9.89. The zero-order valence-electron chi connectivity index (χ0n) is 18.3. The zero-order valence-corrected chi connectivity index (χ0v) is 18.3. The first-order chi connectivity index (χ1) is 14.1. The minimum atomic E-state index is 0.0205. The summed E-state index contributed by atoms with van der Waals surface area (Å²) in [6.45, 7) is 13.6. The van der Waals surface area contributed by atoms with E-state index in [1.165, 1.54) is 12.0 Å². The topological polar surface area (TPSA) is 58.1 Å². The third-order valence-corrected chi connectivity index (χ3v) is 5.94. The van der Waals surface area contributed by atoms with Crippen molar-refractivity contribution in [3.63, 3.8) is 0 Å². The van der Waals surface area contributed by atoms with Crippen LogP contribution in [0, 0.1) is 5.92 Å². The Hall–Kier alpha value is -1.63. The molecule has 2 aliphatic heterocycles. The zero-order chi connectivity index (χ0) is 20.5. The van der Waals surface area contributed by atoms with Crippen LogP contribution in [0.2, 0.25) is 0 Å². The predicted molar refractivity (Wildman–Crippen MR) is 118 cm³/mol. The molecule has 6 heteroatoms. The van der Waals surface area contributed by atoms with Crippen molar-refractivity contribution in [3.8, 4) is 0 Å². The Kier molecular flexibility index (Phi) is 8.33. The third-order valence-electron chi connectivity index (χ3n) is 5.94. The van der Waals surface area contributed by atoms with E-state index < -0.39 is 0 Å². The number of rotatable bonds is 7. The molecule has 3 rings (SSSR count). The molecular weight excluding hydrogens is 364 g/mol. The van der Waals surface area contributed by atoms with Gasteiger partial charge in [-0.25, -0.2) is 0 Å². The van der Waals surface area contributed by atoms with Crippen LogP contribution in [0.1, 0.15) is 45.3 Å². The summed E-state index contributed by atoms with van der Waals surface area (Å²) in [5.41, 5.74) is 1.29. The van der Waals surface area contributed by atoms with Gasteiger partial charge in [0, 0.05) is 44.2 Å². The molecule has 1 aromatic rings. The molecule has 2 fully saturated rings. The second-order valence-corrected chi connectivity index (χ2v) is 8.59. The second kappa shape index (κ2) is 11.0. The molecule has 0 aromatic heterocycles. The van der Waals surface area contributed by atoms with E-state index in [1.54, 1.807) is 0 Å².